The van der Waals surface area contributed by atoms with Gasteiger partial charge in [-0.2, -0.15) is 0 Å². The van der Waals surface area contributed by atoms with E-state index >= 15 is 0 Å². The van der Waals surface area contributed by atoms with E-state index in [-0.39, 0.29) is 0 Å². The highest BCUT2D eigenvalue weighted by Gasteiger charge is 1.99. The normalized spacial score (nSPS) is 11.0. The molecule has 0 atom stereocenters. The molecule has 0 fully saturated rings. The number of hydroxylamine groups is 1. The first-order valence-corrected chi connectivity index (χ1v) is 9.33. The van der Waals surface area contributed by atoms with Gasteiger partial charge in [0.15, 0.2) is 0 Å². The van der Waals surface area contributed by atoms with Crippen LogP contribution >= 0.6 is 0 Å². The van der Waals surface area contributed by atoms with Crippen LogP contribution < -0.4 is 16.5 Å². The predicted octanol–water partition coefficient (Wildman–Crippen LogP) is 2.89. The average Bonchev–Trinajstić information content (AvgIpc) is 3.24. The van der Waals surface area contributed by atoms with Crippen molar-refractivity contribution in [2.24, 2.45) is 5.73 Å². The Labute approximate surface area is 170 Å². The van der Waals surface area contributed by atoms with Crippen LogP contribution in [0.3, 0.4) is 0 Å². The second-order valence-electron chi connectivity index (χ2n) is 6.26. The minimum atomic E-state index is -0.543. The Morgan fingerprint density at radius 2 is 2.00 bits per heavy atom. The maximum atomic E-state index is 10.9. The van der Waals surface area contributed by atoms with E-state index in [1.54, 1.807) is 17.6 Å². The number of carbonyl (C=O) groups excluding carboxylic acids is 1. The van der Waals surface area contributed by atoms with E-state index in [9.17, 15) is 4.79 Å². The fourth-order valence-electron chi connectivity index (χ4n) is 2.54. The van der Waals surface area contributed by atoms with Crippen molar-refractivity contribution in [3.05, 3.63) is 83.8 Å². The first-order valence-electron chi connectivity index (χ1n) is 9.33. The van der Waals surface area contributed by atoms with Crippen LogP contribution in [0.25, 0.3) is 17.1 Å². The third-order valence-corrected chi connectivity index (χ3v) is 4.09. The number of nitrogens with zero attached hydrogens (tertiary/aromatic N) is 1. The smallest absolute Gasteiger partial charge is 0.267 e. The van der Waals surface area contributed by atoms with E-state index in [0.29, 0.717) is 0 Å². The van der Waals surface area contributed by atoms with Gasteiger partial charge in [-0.3, -0.25) is 10.0 Å². The van der Waals surface area contributed by atoms with Gasteiger partial charge in [-0.05, 0) is 61.0 Å². The minimum Gasteiger partial charge on any atom is -0.405 e. The van der Waals surface area contributed by atoms with Crippen molar-refractivity contribution in [1.29, 1.82) is 0 Å². The summed E-state index contributed by atoms with van der Waals surface area (Å²) in [7, 11) is 0. The fraction of sp³-hybridized carbons (Fsp3) is 0.182. The molecule has 0 spiro atoms. The molecule has 6 N–H and O–H groups in total. The molecule has 2 aromatic heterocycles. The third kappa shape index (κ3) is 7.61. The molecule has 152 valence electrons. The highest BCUT2D eigenvalue weighted by atomic mass is 16.5. The molecule has 0 aliphatic rings. The molecule has 0 saturated heterocycles. The molecule has 1 amide bonds. The maximum Gasteiger partial charge on any atom is 0.267 e. The Kier molecular flexibility index (Phi) is 9.14. The standard InChI is InChI=1S/C19H20N4O2.C3H7N/c24-18(23-25)6-5-14-1-3-15(4-2-14)12-20-9-7-16-11-17-8-10-21-19(17)22-13-16;1-2-3-4/h1-6,8,10-11,13,20,25H,7,9,12H2,(H,21,22)(H,23,24);2-3H,4H2,1H3/b6-5+;3-2-. The zero-order valence-electron chi connectivity index (χ0n) is 16.4. The zero-order valence-corrected chi connectivity index (χ0v) is 16.4. The van der Waals surface area contributed by atoms with Crippen molar-refractivity contribution < 1.29 is 10.0 Å². The zero-order chi connectivity index (χ0) is 20.9. The number of amides is 1. The fourth-order valence-corrected chi connectivity index (χ4v) is 2.54. The summed E-state index contributed by atoms with van der Waals surface area (Å²) < 4.78 is 0. The van der Waals surface area contributed by atoms with Gasteiger partial charge in [0.1, 0.15) is 5.65 Å². The highest BCUT2D eigenvalue weighted by Crippen LogP contribution is 2.11. The van der Waals surface area contributed by atoms with E-state index in [4.69, 9.17) is 10.9 Å². The number of nitrogens with two attached hydrogens (primary N) is 1. The predicted molar refractivity (Wildman–Crippen MR) is 116 cm³/mol. The maximum absolute atomic E-state index is 10.9. The second-order valence-corrected chi connectivity index (χ2v) is 6.26. The Bertz CT molecular complexity index is 941. The first-order chi connectivity index (χ1) is 14.2. The van der Waals surface area contributed by atoms with Crippen LogP contribution in [0.2, 0.25) is 0 Å². The van der Waals surface area contributed by atoms with Gasteiger partial charge in [0.2, 0.25) is 0 Å². The SMILES string of the molecule is C/C=C\N.O=C(/C=C/c1ccc(CNCCc2cnc3[nH]ccc3c2)cc1)NO. The molecule has 7 nitrogen and oxygen atoms in total. The molecule has 3 aromatic rings. The van der Waals surface area contributed by atoms with Crippen LogP contribution in [0.15, 0.2) is 67.1 Å². The number of aromatic nitrogens is 2. The number of nitrogens with one attached hydrogen (secondary N) is 3. The topological polar surface area (TPSA) is 116 Å². The summed E-state index contributed by atoms with van der Waals surface area (Å²) in [6.45, 7) is 3.52. The molecule has 0 saturated carbocycles. The van der Waals surface area contributed by atoms with Gasteiger partial charge < -0.3 is 16.0 Å². The molecule has 7 heteroatoms. The van der Waals surface area contributed by atoms with Gasteiger partial charge in [-0.25, -0.2) is 10.5 Å². The van der Waals surface area contributed by atoms with Gasteiger partial charge in [-0.15, -0.1) is 0 Å². The number of hydrogen-bond acceptors (Lipinski definition) is 5. The number of aromatic amines is 1. The van der Waals surface area contributed by atoms with Crippen molar-refractivity contribution in [1.82, 2.24) is 20.8 Å². The number of H-pyrrole nitrogens is 1. The van der Waals surface area contributed by atoms with Crippen molar-refractivity contribution in [2.45, 2.75) is 19.9 Å². The van der Waals surface area contributed by atoms with E-state index in [0.717, 1.165) is 36.1 Å². The summed E-state index contributed by atoms with van der Waals surface area (Å²) in [5.41, 5.74) is 10.6. The van der Waals surface area contributed by atoms with Gasteiger partial charge >= 0.3 is 0 Å². The molecule has 0 unspecified atom stereocenters. The van der Waals surface area contributed by atoms with Crippen molar-refractivity contribution in [3.63, 3.8) is 0 Å². The lowest BCUT2D eigenvalue weighted by molar-refractivity contribution is -0.124. The first kappa shape index (κ1) is 21.9. The van der Waals surface area contributed by atoms with Crippen molar-refractivity contribution in [2.75, 3.05) is 6.54 Å². The molecule has 0 aliphatic heterocycles. The largest absolute Gasteiger partial charge is 0.405 e. The average molecular weight is 393 g/mol. The molecular weight excluding hydrogens is 366 g/mol. The van der Waals surface area contributed by atoms with Crippen LogP contribution in [0.4, 0.5) is 0 Å². The minimum absolute atomic E-state index is 0.543. The van der Waals surface area contributed by atoms with Gasteiger partial charge in [0.25, 0.3) is 5.91 Å². The van der Waals surface area contributed by atoms with Crippen molar-refractivity contribution >= 4 is 23.0 Å². The van der Waals surface area contributed by atoms with Crippen LogP contribution in [-0.4, -0.2) is 27.6 Å². The molecule has 3 rings (SSSR count). The van der Waals surface area contributed by atoms with E-state index < -0.39 is 5.91 Å². The number of hydrogen-bond donors (Lipinski definition) is 5. The lowest BCUT2D eigenvalue weighted by Crippen LogP contribution is -2.16. The number of pyridine rings is 1. The van der Waals surface area contributed by atoms with Gasteiger partial charge in [0, 0.05) is 30.4 Å². The Morgan fingerprint density at radius 1 is 1.24 bits per heavy atom. The monoisotopic (exact) mass is 393 g/mol. The molecule has 2 heterocycles. The van der Waals surface area contributed by atoms with Crippen LogP contribution in [0.5, 0.6) is 0 Å². The number of benzene rings is 1. The Morgan fingerprint density at radius 3 is 2.69 bits per heavy atom. The van der Waals surface area contributed by atoms with Gasteiger partial charge in [0.05, 0.1) is 0 Å². The second kappa shape index (κ2) is 12.1. The quantitative estimate of drug-likeness (QED) is 0.183. The number of fused-ring (bicyclic) bond motifs is 1. The summed E-state index contributed by atoms with van der Waals surface area (Å²) in [5, 5.41) is 13.0. The summed E-state index contributed by atoms with van der Waals surface area (Å²) in [4.78, 5) is 18.4. The molecular formula is C22H27N5O2. The van der Waals surface area contributed by atoms with E-state index in [1.165, 1.54) is 23.4 Å². The van der Waals surface area contributed by atoms with Crippen LogP contribution in [0, 0.1) is 0 Å². The number of rotatable bonds is 7. The van der Waals surface area contributed by atoms with Crippen LogP contribution in [0.1, 0.15) is 23.6 Å². The van der Waals surface area contributed by atoms with Crippen molar-refractivity contribution in [3.8, 4) is 0 Å². The molecule has 29 heavy (non-hydrogen) atoms. The third-order valence-electron chi connectivity index (χ3n) is 4.09. The number of carbonyl (C=O) groups is 1. The lowest BCUT2D eigenvalue weighted by Gasteiger charge is -2.06. The van der Waals surface area contributed by atoms with E-state index in [2.05, 4.69) is 21.4 Å². The Hall–Kier alpha value is -3.42. The summed E-state index contributed by atoms with van der Waals surface area (Å²) in [6.07, 6.45) is 10.9. The molecule has 0 aliphatic carbocycles. The highest BCUT2D eigenvalue weighted by molar-refractivity contribution is 5.90. The Balaban J connectivity index is 0.000000687. The molecule has 0 bridgehead atoms. The lowest BCUT2D eigenvalue weighted by atomic mass is 10.1. The van der Waals surface area contributed by atoms with Crippen LogP contribution in [-0.2, 0) is 17.8 Å². The summed E-state index contributed by atoms with van der Waals surface area (Å²) in [6, 6.07) is 12.1. The summed E-state index contributed by atoms with van der Waals surface area (Å²) >= 11 is 0. The number of allylic oxidation sites excluding steroid dienone is 1. The molecule has 0 radical (unpaired) electrons. The molecule has 1 aromatic carbocycles. The van der Waals surface area contributed by atoms with E-state index in [1.807, 2.05) is 49.6 Å². The van der Waals surface area contributed by atoms with Gasteiger partial charge in [-0.1, -0.05) is 30.3 Å². The summed E-state index contributed by atoms with van der Waals surface area (Å²) in [5.74, 6) is -0.543.